The van der Waals surface area contributed by atoms with Gasteiger partial charge in [0.2, 0.25) is 0 Å². The summed E-state index contributed by atoms with van der Waals surface area (Å²) in [6.45, 7) is -0.325. The minimum atomic E-state index is -1.65. The number of primary amides is 1. The van der Waals surface area contributed by atoms with Crippen molar-refractivity contribution in [3.8, 4) is 22.9 Å². The highest BCUT2D eigenvalue weighted by atomic mass is 19.1. The first-order chi connectivity index (χ1) is 14.3. The van der Waals surface area contributed by atoms with Crippen LogP contribution < -0.4 is 15.8 Å². The van der Waals surface area contributed by atoms with E-state index in [-0.39, 0.29) is 29.7 Å². The molecule has 1 amide bonds. The number of rotatable bonds is 8. The van der Waals surface area contributed by atoms with Crippen LogP contribution in [0.3, 0.4) is 0 Å². The summed E-state index contributed by atoms with van der Waals surface area (Å²) in [4.78, 5) is 30.6. The number of nitrogens with zero attached hydrogens (tertiary/aromatic N) is 2. The molecule has 1 aromatic heterocycles. The van der Waals surface area contributed by atoms with E-state index < -0.39 is 18.0 Å². The third kappa shape index (κ3) is 5.26. The fourth-order valence-electron chi connectivity index (χ4n) is 2.39. The predicted octanol–water partition coefficient (Wildman–Crippen LogP) is 2.03. The molecule has 5 N–H and O–H groups in total. The molecule has 3 rings (SSSR count). The summed E-state index contributed by atoms with van der Waals surface area (Å²) in [5, 5.41) is 20.8. The molecular formula is C20H17FN4O5. The van der Waals surface area contributed by atoms with Crippen LogP contribution in [0.15, 0.2) is 54.6 Å². The van der Waals surface area contributed by atoms with Crippen molar-refractivity contribution in [3.63, 3.8) is 0 Å². The molecule has 0 bridgehead atoms. The van der Waals surface area contributed by atoms with Crippen LogP contribution in [0.5, 0.6) is 11.5 Å². The number of aliphatic hydroxyl groups excluding tert-OH is 1. The second kappa shape index (κ2) is 8.97. The standard InChI is InChI=1S/C20H17FN4O5/c21-12-3-7-14(8-4-12)30-13-5-1-11(2-6-13)19-24-15(18(22)27)9-17(25-19)23-10-16(26)20(28)29/h1-9,16,26H,10H2,(H2,22,27)(H,28,29)(H,23,24,25). The molecule has 2 aromatic carbocycles. The smallest absolute Gasteiger partial charge is 0.334 e. The molecule has 10 heteroatoms. The van der Waals surface area contributed by atoms with Gasteiger partial charge >= 0.3 is 5.97 Å². The Labute approximate surface area is 170 Å². The molecule has 3 aromatic rings. The number of benzene rings is 2. The zero-order chi connectivity index (χ0) is 21.7. The van der Waals surface area contributed by atoms with Gasteiger partial charge in [0.15, 0.2) is 11.9 Å². The lowest BCUT2D eigenvalue weighted by Gasteiger charge is -2.11. The first kappa shape index (κ1) is 20.7. The highest BCUT2D eigenvalue weighted by Gasteiger charge is 2.15. The van der Waals surface area contributed by atoms with E-state index in [4.69, 9.17) is 15.6 Å². The van der Waals surface area contributed by atoms with Gasteiger partial charge in [-0.2, -0.15) is 0 Å². The van der Waals surface area contributed by atoms with Crippen molar-refractivity contribution in [1.82, 2.24) is 9.97 Å². The van der Waals surface area contributed by atoms with Gasteiger partial charge in [-0.3, -0.25) is 4.79 Å². The van der Waals surface area contributed by atoms with Crippen molar-refractivity contribution < 1.29 is 28.9 Å². The number of hydrogen-bond acceptors (Lipinski definition) is 7. The number of aromatic nitrogens is 2. The van der Waals surface area contributed by atoms with Crippen molar-refractivity contribution in [1.29, 1.82) is 0 Å². The molecule has 0 aliphatic heterocycles. The number of carboxylic acids is 1. The summed E-state index contributed by atoms with van der Waals surface area (Å²) in [5.74, 6) is -1.34. The van der Waals surface area contributed by atoms with Crippen LogP contribution in [0.4, 0.5) is 10.2 Å². The molecule has 0 aliphatic rings. The van der Waals surface area contributed by atoms with Crippen LogP contribution >= 0.6 is 0 Å². The van der Waals surface area contributed by atoms with Crippen molar-refractivity contribution in [2.24, 2.45) is 5.73 Å². The Morgan fingerprint density at radius 3 is 2.23 bits per heavy atom. The second-order valence-corrected chi connectivity index (χ2v) is 6.14. The Morgan fingerprint density at radius 2 is 1.67 bits per heavy atom. The third-order valence-corrected chi connectivity index (χ3v) is 3.90. The number of halogens is 1. The van der Waals surface area contributed by atoms with Crippen molar-refractivity contribution in [2.45, 2.75) is 6.10 Å². The minimum absolute atomic E-state index is 0.0843. The number of aliphatic hydroxyl groups is 1. The van der Waals surface area contributed by atoms with E-state index in [0.717, 1.165) is 0 Å². The molecule has 1 atom stereocenters. The zero-order valence-electron chi connectivity index (χ0n) is 15.4. The lowest BCUT2D eigenvalue weighted by Crippen LogP contribution is -2.28. The highest BCUT2D eigenvalue weighted by Crippen LogP contribution is 2.25. The quantitative estimate of drug-likeness (QED) is 0.439. The summed E-state index contributed by atoms with van der Waals surface area (Å²) in [6.07, 6.45) is -1.65. The van der Waals surface area contributed by atoms with E-state index in [1.54, 1.807) is 24.3 Å². The number of nitrogens with two attached hydrogens (primary N) is 1. The molecule has 0 spiro atoms. The Hall–Kier alpha value is -4.05. The summed E-state index contributed by atoms with van der Waals surface area (Å²) in [5.41, 5.74) is 5.76. The molecule has 0 saturated heterocycles. The van der Waals surface area contributed by atoms with Gasteiger partial charge in [-0.1, -0.05) is 0 Å². The van der Waals surface area contributed by atoms with Gasteiger partial charge in [-0.15, -0.1) is 0 Å². The van der Waals surface area contributed by atoms with Crippen molar-refractivity contribution in [3.05, 3.63) is 66.1 Å². The first-order valence-electron chi connectivity index (χ1n) is 8.69. The Morgan fingerprint density at radius 1 is 1.07 bits per heavy atom. The van der Waals surface area contributed by atoms with Gasteiger partial charge in [0.05, 0.1) is 6.54 Å². The number of carbonyl (C=O) groups excluding carboxylic acids is 1. The average Bonchev–Trinajstić information content (AvgIpc) is 2.74. The average molecular weight is 412 g/mol. The summed E-state index contributed by atoms with van der Waals surface area (Å²) < 4.78 is 18.6. The molecule has 0 fully saturated rings. The second-order valence-electron chi connectivity index (χ2n) is 6.14. The molecule has 30 heavy (non-hydrogen) atoms. The van der Waals surface area contributed by atoms with Gasteiger partial charge in [0.25, 0.3) is 5.91 Å². The molecule has 0 aliphatic carbocycles. The number of aliphatic carboxylic acids is 1. The third-order valence-electron chi connectivity index (χ3n) is 3.90. The Balaban J connectivity index is 1.81. The lowest BCUT2D eigenvalue weighted by atomic mass is 10.2. The van der Waals surface area contributed by atoms with E-state index in [1.165, 1.54) is 30.3 Å². The van der Waals surface area contributed by atoms with Gasteiger partial charge in [-0.05, 0) is 48.5 Å². The van der Waals surface area contributed by atoms with Crippen molar-refractivity contribution in [2.75, 3.05) is 11.9 Å². The number of anilines is 1. The van der Waals surface area contributed by atoms with Gasteiger partial charge < -0.3 is 26.0 Å². The van der Waals surface area contributed by atoms with Crippen molar-refractivity contribution >= 4 is 17.7 Å². The molecular weight excluding hydrogens is 395 g/mol. The predicted molar refractivity (Wildman–Crippen MR) is 105 cm³/mol. The van der Waals surface area contributed by atoms with E-state index in [2.05, 4.69) is 15.3 Å². The van der Waals surface area contributed by atoms with Crippen LogP contribution in [-0.4, -0.2) is 44.7 Å². The topological polar surface area (TPSA) is 148 Å². The number of carbonyl (C=O) groups is 2. The molecule has 0 saturated carbocycles. The summed E-state index contributed by atoms with van der Waals surface area (Å²) >= 11 is 0. The number of carboxylic acid groups (broad SMARTS) is 1. The maximum Gasteiger partial charge on any atom is 0.334 e. The van der Waals surface area contributed by atoms with Crippen LogP contribution in [0.25, 0.3) is 11.4 Å². The van der Waals surface area contributed by atoms with Gasteiger partial charge in [0.1, 0.15) is 28.8 Å². The summed E-state index contributed by atoms with van der Waals surface area (Å²) in [7, 11) is 0. The first-order valence-corrected chi connectivity index (χ1v) is 8.69. The fraction of sp³-hybridized carbons (Fsp3) is 0.100. The number of nitrogens with one attached hydrogen (secondary N) is 1. The van der Waals surface area contributed by atoms with E-state index in [1.807, 2.05) is 0 Å². The Bertz CT molecular complexity index is 1060. The number of amides is 1. The lowest BCUT2D eigenvalue weighted by molar-refractivity contribution is -0.145. The van der Waals surface area contributed by atoms with E-state index in [9.17, 15) is 19.1 Å². The highest BCUT2D eigenvalue weighted by molar-refractivity contribution is 5.92. The van der Waals surface area contributed by atoms with Gasteiger partial charge in [-0.25, -0.2) is 19.2 Å². The minimum Gasteiger partial charge on any atom is -0.479 e. The molecule has 1 heterocycles. The molecule has 0 radical (unpaired) electrons. The molecule has 9 nitrogen and oxygen atoms in total. The fourth-order valence-corrected chi connectivity index (χ4v) is 2.39. The Kier molecular flexibility index (Phi) is 6.18. The maximum absolute atomic E-state index is 13.0. The molecule has 1 unspecified atom stereocenters. The normalized spacial score (nSPS) is 11.5. The van der Waals surface area contributed by atoms with Crippen LogP contribution in [0.2, 0.25) is 0 Å². The van der Waals surface area contributed by atoms with Crippen LogP contribution in [-0.2, 0) is 4.79 Å². The SMILES string of the molecule is NC(=O)c1cc(NCC(O)C(=O)O)nc(-c2ccc(Oc3ccc(F)cc3)cc2)n1. The van der Waals surface area contributed by atoms with Crippen LogP contribution in [0, 0.1) is 5.82 Å². The van der Waals surface area contributed by atoms with Crippen LogP contribution in [0.1, 0.15) is 10.5 Å². The van der Waals surface area contributed by atoms with E-state index in [0.29, 0.717) is 17.1 Å². The number of ether oxygens (including phenoxy) is 1. The summed E-state index contributed by atoms with van der Waals surface area (Å²) in [6, 6.07) is 13.4. The van der Waals surface area contributed by atoms with E-state index >= 15 is 0 Å². The largest absolute Gasteiger partial charge is 0.479 e. The number of hydrogen-bond donors (Lipinski definition) is 4. The molecule has 154 valence electrons. The van der Waals surface area contributed by atoms with Gasteiger partial charge in [0, 0.05) is 11.6 Å². The maximum atomic E-state index is 13.0. The zero-order valence-corrected chi connectivity index (χ0v) is 15.4. The monoisotopic (exact) mass is 412 g/mol.